The molecule has 8 heteroatoms. The van der Waals surface area contributed by atoms with Gasteiger partial charge < -0.3 is 15.4 Å². The molecule has 1 fully saturated rings. The number of methoxy groups -OCH3 is 1. The number of rotatable bonds is 12. The number of hydrogen-bond acceptors (Lipinski definition) is 5. The molecule has 1 aliphatic rings. The van der Waals surface area contributed by atoms with Crippen molar-refractivity contribution in [3.63, 3.8) is 0 Å². The van der Waals surface area contributed by atoms with Gasteiger partial charge >= 0.3 is 0 Å². The second-order valence-corrected chi connectivity index (χ2v) is 12.1. The number of ether oxygens (including phenoxy) is 1. The van der Waals surface area contributed by atoms with Crippen molar-refractivity contribution >= 4 is 15.9 Å². The lowest BCUT2D eigenvalue weighted by molar-refractivity contribution is -0.125. The predicted octanol–water partition coefficient (Wildman–Crippen LogP) is 3.78. The second kappa shape index (κ2) is 13.3. The quantitative estimate of drug-likeness (QED) is 0.299. The maximum Gasteiger partial charge on any atom is 0.240 e. The van der Waals surface area contributed by atoms with Gasteiger partial charge in [0.05, 0.1) is 10.8 Å². The van der Waals surface area contributed by atoms with Crippen molar-refractivity contribution in [1.82, 2.24) is 15.4 Å². The number of nitrogens with one attached hydrogen (secondary N) is 3. The SMILES string of the molecule is COCCCC(CNC(=O)[C@@H]1CNC[C@H](NS(=O)(=O)c2ccc(C)cc2)C1)(c1ccccc1)c1ccccc1. The Hall–Kier alpha value is -3.04. The first-order valence-corrected chi connectivity index (χ1v) is 15.0. The lowest BCUT2D eigenvalue weighted by Gasteiger charge is -2.37. The van der Waals surface area contributed by atoms with E-state index in [1.54, 1.807) is 31.4 Å². The molecule has 1 saturated heterocycles. The molecule has 4 rings (SSSR count). The Balaban J connectivity index is 1.49. The molecule has 39 heavy (non-hydrogen) atoms. The molecule has 2 atom stereocenters. The summed E-state index contributed by atoms with van der Waals surface area (Å²) in [5, 5.41) is 6.49. The van der Waals surface area contributed by atoms with Crippen molar-refractivity contribution in [2.75, 3.05) is 33.4 Å². The third-order valence-corrected chi connectivity index (χ3v) is 9.08. The van der Waals surface area contributed by atoms with Crippen molar-refractivity contribution in [3.8, 4) is 0 Å². The maximum absolute atomic E-state index is 13.5. The third kappa shape index (κ3) is 7.33. The number of hydrogen-bond donors (Lipinski definition) is 3. The molecule has 3 N–H and O–H groups in total. The van der Waals surface area contributed by atoms with Crippen LogP contribution in [-0.4, -0.2) is 53.7 Å². The van der Waals surface area contributed by atoms with E-state index < -0.39 is 15.4 Å². The predicted molar refractivity (Wildman–Crippen MR) is 154 cm³/mol. The van der Waals surface area contributed by atoms with E-state index in [1.165, 1.54) is 0 Å². The third-order valence-electron chi connectivity index (χ3n) is 7.54. The summed E-state index contributed by atoms with van der Waals surface area (Å²) >= 11 is 0. The molecule has 1 heterocycles. The van der Waals surface area contributed by atoms with Gasteiger partial charge in [0.25, 0.3) is 0 Å². The number of aryl methyl sites for hydroxylation is 1. The molecule has 208 valence electrons. The average Bonchev–Trinajstić information content (AvgIpc) is 2.96. The first kappa shape index (κ1) is 29.0. The molecule has 0 bridgehead atoms. The molecule has 0 unspecified atom stereocenters. The van der Waals surface area contributed by atoms with E-state index in [-0.39, 0.29) is 22.8 Å². The molecular formula is C31H39N3O4S. The summed E-state index contributed by atoms with van der Waals surface area (Å²) in [6.45, 7) is 3.95. The van der Waals surface area contributed by atoms with Crippen LogP contribution in [0.15, 0.2) is 89.8 Å². The first-order chi connectivity index (χ1) is 18.8. The second-order valence-electron chi connectivity index (χ2n) is 10.4. The molecule has 7 nitrogen and oxygen atoms in total. The highest BCUT2D eigenvalue weighted by Gasteiger charge is 2.36. The highest BCUT2D eigenvalue weighted by molar-refractivity contribution is 7.89. The molecular weight excluding hydrogens is 510 g/mol. The molecule has 0 spiro atoms. The Kier molecular flexibility index (Phi) is 9.91. The van der Waals surface area contributed by atoms with Crippen LogP contribution in [-0.2, 0) is 25.0 Å². The van der Waals surface area contributed by atoms with Crippen LogP contribution < -0.4 is 15.4 Å². The fraction of sp³-hybridized carbons (Fsp3) is 0.387. The summed E-state index contributed by atoms with van der Waals surface area (Å²) in [5.74, 6) is -0.433. The smallest absolute Gasteiger partial charge is 0.240 e. The van der Waals surface area contributed by atoms with Gasteiger partial charge in [0.15, 0.2) is 0 Å². The summed E-state index contributed by atoms with van der Waals surface area (Å²) in [4.78, 5) is 13.7. The minimum atomic E-state index is -3.68. The summed E-state index contributed by atoms with van der Waals surface area (Å²) in [6, 6.07) is 27.0. The van der Waals surface area contributed by atoms with E-state index in [2.05, 4.69) is 39.6 Å². The van der Waals surface area contributed by atoms with E-state index >= 15 is 0 Å². The lowest BCUT2D eigenvalue weighted by Crippen LogP contribution is -2.53. The molecule has 0 aliphatic carbocycles. The Labute approximate surface area is 232 Å². The molecule has 0 saturated carbocycles. The van der Waals surface area contributed by atoms with Crippen LogP contribution in [0.3, 0.4) is 0 Å². The van der Waals surface area contributed by atoms with E-state index in [9.17, 15) is 13.2 Å². The molecule has 1 amide bonds. The van der Waals surface area contributed by atoms with Gasteiger partial charge in [0, 0.05) is 44.8 Å². The van der Waals surface area contributed by atoms with Crippen LogP contribution in [0.5, 0.6) is 0 Å². The van der Waals surface area contributed by atoms with E-state index in [0.717, 1.165) is 29.5 Å². The van der Waals surface area contributed by atoms with Gasteiger partial charge in [-0.1, -0.05) is 78.4 Å². The van der Waals surface area contributed by atoms with Gasteiger partial charge in [0.2, 0.25) is 15.9 Å². The largest absolute Gasteiger partial charge is 0.385 e. The van der Waals surface area contributed by atoms with Crippen LogP contribution in [0, 0.1) is 12.8 Å². The zero-order valence-corrected chi connectivity index (χ0v) is 23.5. The Morgan fingerprint density at radius 1 is 0.949 bits per heavy atom. The van der Waals surface area contributed by atoms with Crippen molar-refractivity contribution in [3.05, 3.63) is 102 Å². The maximum atomic E-state index is 13.5. The van der Waals surface area contributed by atoms with Gasteiger partial charge in [-0.2, -0.15) is 0 Å². The first-order valence-electron chi connectivity index (χ1n) is 13.5. The van der Waals surface area contributed by atoms with Crippen LogP contribution >= 0.6 is 0 Å². The summed E-state index contributed by atoms with van der Waals surface area (Å²) in [6.07, 6.45) is 2.07. The Morgan fingerprint density at radius 3 is 2.15 bits per heavy atom. The van der Waals surface area contributed by atoms with Crippen LogP contribution in [0.2, 0.25) is 0 Å². The Bertz CT molecular complexity index is 1260. The fourth-order valence-corrected chi connectivity index (χ4v) is 6.65. The van der Waals surface area contributed by atoms with E-state index in [1.807, 2.05) is 43.3 Å². The van der Waals surface area contributed by atoms with Gasteiger partial charge in [-0.05, 0) is 49.4 Å². The van der Waals surface area contributed by atoms with Gasteiger partial charge in [0.1, 0.15) is 0 Å². The van der Waals surface area contributed by atoms with Crippen LogP contribution in [0.25, 0.3) is 0 Å². The van der Waals surface area contributed by atoms with Gasteiger partial charge in [-0.15, -0.1) is 0 Å². The number of carbonyl (C=O) groups excluding carboxylic acids is 1. The number of sulfonamides is 1. The van der Waals surface area contributed by atoms with Crippen molar-refractivity contribution < 1.29 is 17.9 Å². The number of benzene rings is 3. The molecule has 1 aliphatic heterocycles. The summed E-state index contributed by atoms with van der Waals surface area (Å²) in [7, 11) is -1.98. The minimum Gasteiger partial charge on any atom is -0.385 e. The van der Waals surface area contributed by atoms with Gasteiger partial charge in [-0.25, -0.2) is 13.1 Å². The fourth-order valence-electron chi connectivity index (χ4n) is 5.40. The normalized spacial score (nSPS) is 18.0. The molecule has 0 radical (unpaired) electrons. The zero-order valence-electron chi connectivity index (χ0n) is 22.7. The summed E-state index contributed by atoms with van der Waals surface area (Å²) in [5.41, 5.74) is 2.84. The lowest BCUT2D eigenvalue weighted by atomic mass is 9.71. The van der Waals surface area contributed by atoms with Crippen LogP contribution in [0.4, 0.5) is 0 Å². The van der Waals surface area contributed by atoms with Crippen molar-refractivity contribution in [2.24, 2.45) is 5.92 Å². The summed E-state index contributed by atoms with van der Waals surface area (Å²) < 4.78 is 34.0. The van der Waals surface area contributed by atoms with Crippen molar-refractivity contribution in [1.29, 1.82) is 0 Å². The number of carbonyl (C=O) groups is 1. The zero-order chi connectivity index (χ0) is 27.7. The highest BCUT2D eigenvalue weighted by atomic mass is 32.2. The standard InChI is InChI=1S/C31H39N3O4S/c1-24-14-16-29(17-15-24)39(36,37)34-28-20-25(21-32-22-28)30(35)33-23-31(18-9-19-38-2,26-10-5-3-6-11-26)27-12-7-4-8-13-27/h3-8,10-17,25,28,32,34H,9,18-23H2,1-2H3,(H,33,35)/t25-,28+/m0/s1. The monoisotopic (exact) mass is 549 g/mol. The molecule has 3 aromatic rings. The van der Waals surface area contributed by atoms with Crippen LogP contribution in [0.1, 0.15) is 36.0 Å². The Morgan fingerprint density at radius 2 is 1.56 bits per heavy atom. The average molecular weight is 550 g/mol. The minimum absolute atomic E-state index is 0.0790. The number of amides is 1. The molecule has 3 aromatic carbocycles. The van der Waals surface area contributed by atoms with E-state index in [0.29, 0.717) is 32.7 Å². The molecule has 0 aromatic heterocycles. The number of piperidine rings is 1. The van der Waals surface area contributed by atoms with E-state index in [4.69, 9.17) is 4.74 Å². The van der Waals surface area contributed by atoms with Crippen molar-refractivity contribution in [2.45, 2.75) is 42.5 Å². The topological polar surface area (TPSA) is 96.5 Å². The highest BCUT2D eigenvalue weighted by Crippen LogP contribution is 2.36. The van der Waals surface area contributed by atoms with Gasteiger partial charge in [-0.3, -0.25) is 4.79 Å².